The third kappa shape index (κ3) is 4.75. The first kappa shape index (κ1) is 18.8. The molecule has 1 aliphatic heterocycles. The molecule has 1 heterocycles. The van der Waals surface area contributed by atoms with Crippen LogP contribution in [-0.4, -0.2) is 51.9 Å². The molecule has 0 saturated carbocycles. The van der Waals surface area contributed by atoms with Gasteiger partial charge < -0.3 is 10.6 Å². The lowest BCUT2D eigenvalue weighted by molar-refractivity contribution is -0.126. The summed E-state index contributed by atoms with van der Waals surface area (Å²) < 4.78 is 39.6. The molecule has 1 fully saturated rings. The zero-order chi connectivity index (χ0) is 17.6. The van der Waals surface area contributed by atoms with Gasteiger partial charge in [-0.1, -0.05) is 0 Å². The number of nitrogens with zero attached hydrogens (tertiary/aromatic N) is 1. The fraction of sp³-hybridized carbons (Fsp3) is 0.562. The van der Waals surface area contributed by atoms with Crippen molar-refractivity contribution < 1.29 is 17.6 Å². The number of amides is 1. The largest absolute Gasteiger partial charge is 0.356 e. The number of nitrogens with one attached hydrogen (secondary N) is 2. The Morgan fingerprint density at radius 3 is 2.67 bits per heavy atom. The quantitative estimate of drug-likeness (QED) is 0.713. The van der Waals surface area contributed by atoms with Gasteiger partial charge >= 0.3 is 0 Å². The molecular weight excluding hydrogens is 333 g/mol. The first-order chi connectivity index (χ1) is 11.4. The molecule has 1 unspecified atom stereocenters. The summed E-state index contributed by atoms with van der Waals surface area (Å²) in [5.41, 5.74) is 0. The maximum atomic E-state index is 13.0. The second kappa shape index (κ2) is 8.55. The van der Waals surface area contributed by atoms with E-state index in [4.69, 9.17) is 0 Å². The van der Waals surface area contributed by atoms with E-state index < -0.39 is 15.8 Å². The third-order valence-corrected chi connectivity index (χ3v) is 5.99. The molecule has 2 rings (SSSR count). The average Bonchev–Trinajstić information content (AvgIpc) is 2.59. The number of carbonyl (C=O) groups excluding carboxylic acids is 1. The number of hydrogen-bond donors (Lipinski definition) is 2. The molecule has 1 aromatic carbocycles. The van der Waals surface area contributed by atoms with Crippen LogP contribution in [0.25, 0.3) is 0 Å². The van der Waals surface area contributed by atoms with Crippen molar-refractivity contribution in [1.82, 2.24) is 14.9 Å². The van der Waals surface area contributed by atoms with E-state index in [2.05, 4.69) is 10.6 Å². The molecule has 1 saturated heterocycles. The minimum Gasteiger partial charge on any atom is -0.356 e. The molecule has 1 atom stereocenters. The van der Waals surface area contributed by atoms with Crippen LogP contribution in [0.3, 0.4) is 0 Å². The summed E-state index contributed by atoms with van der Waals surface area (Å²) in [7, 11) is -1.85. The second-order valence-corrected chi connectivity index (χ2v) is 7.84. The maximum Gasteiger partial charge on any atom is 0.243 e. The molecular formula is C16H24FN3O3S. The van der Waals surface area contributed by atoms with Gasteiger partial charge in [0, 0.05) is 19.6 Å². The van der Waals surface area contributed by atoms with E-state index in [9.17, 15) is 17.6 Å². The number of rotatable bonds is 7. The molecule has 24 heavy (non-hydrogen) atoms. The highest BCUT2D eigenvalue weighted by Gasteiger charge is 2.33. The van der Waals surface area contributed by atoms with Crippen LogP contribution in [0.1, 0.15) is 19.3 Å². The summed E-state index contributed by atoms with van der Waals surface area (Å²) in [6, 6.07) is 4.77. The number of piperidine rings is 1. The first-order valence-corrected chi connectivity index (χ1v) is 9.57. The Morgan fingerprint density at radius 1 is 1.29 bits per heavy atom. The van der Waals surface area contributed by atoms with Crippen LogP contribution in [0, 0.1) is 11.7 Å². The lowest BCUT2D eigenvalue weighted by Gasteiger charge is -2.31. The van der Waals surface area contributed by atoms with E-state index in [0.717, 1.165) is 25.1 Å². The van der Waals surface area contributed by atoms with Crippen molar-refractivity contribution in [3.63, 3.8) is 0 Å². The van der Waals surface area contributed by atoms with Crippen LogP contribution in [0.15, 0.2) is 29.2 Å². The van der Waals surface area contributed by atoms with E-state index in [1.165, 1.54) is 16.4 Å². The van der Waals surface area contributed by atoms with Crippen molar-refractivity contribution >= 4 is 15.9 Å². The normalized spacial score (nSPS) is 19.2. The van der Waals surface area contributed by atoms with Gasteiger partial charge in [-0.15, -0.1) is 0 Å². The Hall–Kier alpha value is -1.51. The van der Waals surface area contributed by atoms with Crippen LogP contribution in [-0.2, 0) is 14.8 Å². The first-order valence-electron chi connectivity index (χ1n) is 8.13. The minimum absolute atomic E-state index is 0.0546. The molecule has 0 radical (unpaired) electrons. The van der Waals surface area contributed by atoms with Gasteiger partial charge in [-0.3, -0.25) is 4.79 Å². The molecule has 134 valence electrons. The van der Waals surface area contributed by atoms with Gasteiger partial charge in [-0.2, -0.15) is 4.31 Å². The Kier molecular flexibility index (Phi) is 6.70. The fourth-order valence-corrected chi connectivity index (χ4v) is 4.28. The van der Waals surface area contributed by atoms with Crippen molar-refractivity contribution in [2.75, 3.05) is 33.2 Å². The van der Waals surface area contributed by atoms with Crippen LogP contribution in [0.2, 0.25) is 0 Å². The summed E-state index contributed by atoms with van der Waals surface area (Å²) >= 11 is 0. The summed E-state index contributed by atoms with van der Waals surface area (Å²) in [6.45, 7) is 1.93. The molecule has 1 aromatic rings. The fourth-order valence-electron chi connectivity index (χ4n) is 2.75. The van der Waals surface area contributed by atoms with Crippen LogP contribution in [0.4, 0.5) is 4.39 Å². The predicted molar refractivity (Wildman–Crippen MR) is 89.4 cm³/mol. The molecule has 0 aliphatic carbocycles. The monoisotopic (exact) mass is 357 g/mol. The Morgan fingerprint density at radius 2 is 2.00 bits per heavy atom. The van der Waals surface area contributed by atoms with Crippen LogP contribution < -0.4 is 10.6 Å². The lowest BCUT2D eigenvalue weighted by atomic mass is 9.99. The Balaban J connectivity index is 1.99. The topological polar surface area (TPSA) is 78.5 Å². The van der Waals surface area contributed by atoms with Crippen molar-refractivity contribution in [2.45, 2.75) is 24.2 Å². The zero-order valence-corrected chi connectivity index (χ0v) is 14.6. The highest BCUT2D eigenvalue weighted by atomic mass is 32.2. The van der Waals surface area contributed by atoms with E-state index in [-0.39, 0.29) is 23.3 Å². The predicted octanol–water partition coefficient (Wildman–Crippen LogP) is 0.952. The Bertz CT molecular complexity index is 649. The second-order valence-electron chi connectivity index (χ2n) is 5.90. The smallest absolute Gasteiger partial charge is 0.243 e. The summed E-state index contributed by atoms with van der Waals surface area (Å²) in [5, 5.41) is 5.86. The van der Waals surface area contributed by atoms with Gasteiger partial charge in [0.1, 0.15) is 5.82 Å². The minimum atomic E-state index is -3.70. The van der Waals surface area contributed by atoms with E-state index in [1.807, 2.05) is 7.05 Å². The highest BCUT2D eigenvalue weighted by Crippen LogP contribution is 2.24. The molecule has 8 heteroatoms. The van der Waals surface area contributed by atoms with Crippen LogP contribution >= 0.6 is 0 Å². The average molecular weight is 357 g/mol. The lowest BCUT2D eigenvalue weighted by Crippen LogP contribution is -2.45. The van der Waals surface area contributed by atoms with Gasteiger partial charge in [0.25, 0.3) is 0 Å². The van der Waals surface area contributed by atoms with Gasteiger partial charge in [0.15, 0.2) is 0 Å². The van der Waals surface area contributed by atoms with Gasteiger partial charge in [0.2, 0.25) is 15.9 Å². The number of carbonyl (C=O) groups is 1. The van der Waals surface area contributed by atoms with Crippen molar-refractivity contribution in [1.29, 1.82) is 0 Å². The zero-order valence-electron chi connectivity index (χ0n) is 13.8. The standard InChI is InChI=1S/C16H24FN3O3S/c1-18-9-3-10-19-16(21)13-4-2-11-20(12-13)24(22,23)15-7-5-14(17)6-8-15/h5-8,13,18H,2-4,9-12H2,1H3,(H,19,21). The molecule has 1 aliphatic rings. The number of hydrogen-bond acceptors (Lipinski definition) is 4. The van der Waals surface area contributed by atoms with Crippen molar-refractivity contribution in [3.8, 4) is 0 Å². The highest BCUT2D eigenvalue weighted by molar-refractivity contribution is 7.89. The number of sulfonamides is 1. The van der Waals surface area contributed by atoms with Gasteiger partial charge in [-0.05, 0) is 57.1 Å². The summed E-state index contributed by atoms with van der Waals surface area (Å²) in [5.74, 6) is -0.930. The number of benzene rings is 1. The molecule has 0 aromatic heterocycles. The third-order valence-electron chi connectivity index (χ3n) is 4.11. The molecule has 0 spiro atoms. The van der Waals surface area contributed by atoms with E-state index in [1.54, 1.807) is 0 Å². The van der Waals surface area contributed by atoms with Crippen LogP contribution in [0.5, 0.6) is 0 Å². The molecule has 0 bridgehead atoms. The van der Waals surface area contributed by atoms with Gasteiger partial charge in [-0.25, -0.2) is 12.8 Å². The summed E-state index contributed by atoms with van der Waals surface area (Å²) in [6.07, 6.45) is 2.13. The van der Waals surface area contributed by atoms with Crippen molar-refractivity contribution in [3.05, 3.63) is 30.1 Å². The van der Waals surface area contributed by atoms with Crippen molar-refractivity contribution in [2.24, 2.45) is 5.92 Å². The summed E-state index contributed by atoms with van der Waals surface area (Å²) in [4.78, 5) is 12.3. The molecule has 1 amide bonds. The molecule has 6 nitrogen and oxygen atoms in total. The molecule has 2 N–H and O–H groups in total. The Labute approximate surface area is 142 Å². The maximum absolute atomic E-state index is 13.0. The van der Waals surface area contributed by atoms with Gasteiger partial charge in [0.05, 0.1) is 10.8 Å². The SMILES string of the molecule is CNCCCNC(=O)C1CCCN(S(=O)(=O)c2ccc(F)cc2)C1. The van der Waals surface area contributed by atoms with E-state index >= 15 is 0 Å². The van der Waals surface area contributed by atoms with E-state index in [0.29, 0.717) is 25.9 Å². The number of halogens is 1.